The van der Waals surface area contributed by atoms with Gasteiger partial charge in [0.25, 0.3) is 0 Å². The number of anilines is 1. The van der Waals surface area contributed by atoms with Crippen molar-refractivity contribution in [2.75, 3.05) is 18.2 Å². The molecule has 0 unspecified atom stereocenters. The number of benzene rings is 1. The third kappa shape index (κ3) is 2.78. The monoisotopic (exact) mass is 355 g/mol. The van der Waals surface area contributed by atoms with Crippen molar-refractivity contribution in [3.05, 3.63) is 53.6 Å². The second-order valence-electron chi connectivity index (χ2n) is 5.72. The fourth-order valence-corrected chi connectivity index (χ4v) is 3.19. The summed E-state index contributed by atoms with van der Waals surface area (Å²) in [6.07, 6.45) is 9.77. The van der Waals surface area contributed by atoms with Crippen molar-refractivity contribution in [1.29, 1.82) is 0 Å². The number of aliphatic imine (C=N–C) groups is 1. The number of aromatic nitrogens is 2. The maximum Gasteiger partial charge on any atom is 0.149 e. The molecule has 0 bridgehead atoms. The van der Waals surface area contributed by atoms with Crippen LogP contribution in [0.2, 0.25) is 5.02 Å². The third-order valence-electron chi connectivity index (χ3n) is 4.05. The minimum Gasteiger partial charge on any atom is -0.493 e. The van der Waals surface area contributed by atoms with Crippen LogP contribution in [0.15, 0.2) is 53.6 Å². The van der Waals surface area contributed by atoms with E-state index in [4.69, 9.17) is 16.3 Å². The van der Waals surface area contributed by atoms with Gasteiger partial charge >= 0.3 is 0 Å². The van der Waals surface area contributed by atoms with Gasteiger partial charge in [0, 0.05) is 30.0 Å². The zero-order valence-corrected chi connectivity index (χ0v) is 14.8. The summed E-state index contributed by atoms with van der Waals surface area (Å²) in [5.41, 5.74) is 2.67. The van der Waals surface area contributed by atoms with E-state index in [2.05, 4.69) is 21.2 Å². The van der Waals surface area contributed by atoms with Crippen molar-refractivity contribution >= 4 is 23.5 Å². The molecule has 7 heteroatoms. The second kappa shape index (κ2) is 6.29. The van der Waals surface area contributed by atoms with Gasteiger partial charge in [0.1, 0.15) is 23.0 Å². The van der Waals surface area contributed by atoms with Crippen molar-refractivity contribution in [2.45, 2.75) is 6.92 Å². The van der Waals surface area contributed by atoms with Gasteiger partial charge in [-0.3, -0.25) is 9.69 Å². The quantitative estimate of drug-likeness (QED) is 0.840. The van der Waals surface area contributed by atoms with Crippen LogP contribution < -0.4 is 9.75 Å². The molecule has 1 aromatic carbocycles. The Morgan fingerprint density at radius 1 is 1.32 bits per heavy atom. The number of halogens is 1. The van der Waals surface area contributed by atoms with Gasteiger partial charge in [0.15, 0.2) is 0 Å². The largest absolute Gasteiger partial charge is 0.493 e. The Morgan fingerprint density at radius 2 is 2.20 bits per heavy atom. The number of rotatable bonds is 4. The zero-order chi connectivity index (χ0) is 17.4. The maximum atomic E-state index is 6.24. The summed E-state index contributed by atoms with van der Waals surface area (Å²) in [5, 5.41) is 9.47. The van der Waals surface area contributed by atoms with Gasteiger partial charge in [-0.2, -0.15) is 5.10 Å². The van der Waals surface area contributed by atoms with Gasteiger partial charge in [-0.1, -0.05) is 11.6 Å². The Kier molecular flexibility index (Phi) is 3.97. The van der Waals surface area contributed by atoms with Crippen LogP contribution in [-0.2, 0) is 7.05 Å². The third-order valence-corrected chi connectivity index (χ3v) is 4.28. The molecule has 25 heavy (non-hydrogen) atoms. The van der Waals surface area contributed by atoms with E-state index >= 15 is 0 Å². The van der Waals surface area contributed by atoms with Crippen molar-refractivity contribution in [2.24, 2.45) is 12.0 Å². The van der Waals surface area contributed by atoms with Crippen molar-refractivity contribution < 1.29 is 4.74 Å². The maximum absolute atomic E-state index is 6.24. The van der Waals surface area contributed by atoms with Crippen molar-refractivity contribution in [3.63, 3.8) is 0 Å². The Morgan fingerprint density at radius 3 is 3.04 bits per heavy atom. The van der Waals surface area contributed by atoms with Crippen molar-refractivity contribution in [1.82, 2.24) is 14.8 Å². The van der Waals surface area contributed by atoms with Gasteiger partial charge in [0.2, 0.25) is 0 Å². The van der Waals surface area contributed by atoms with E-state index in [9.17, 15) is 0 Å². The van der Waals surface area contributed by atoms with Gasteiger partial charge in [0.05, 0.1) is 19.3 Å². The van der Waals surface area contributed by atoms with E-state index in [1.54, 1.807) is 10.9 Å². The van der Waals surface area contributed by atoms with E-state index < -0.39 is 0 Å². The molecule has 2 aliphatic heterocycles. The van der Waals surface area contributed by atoms with Crippen LogP contribution in [0.1, 0.15) is 6.92 Å². The Balaban J connectivity index is 1.80. The lowest BCUT2D eigenvalue weighted by molar-refractivity contribution is 0.341. The molecule has 0 spiro atoms. The first-order valence-corrected chi connectivity index (χ1v) is 8.49. The van der Waals surface area contributed by atoms with Crippen molar-refractivity contribution in [3.8, 4) is 17.0 Å². The lowest BCUT2D eigenvalue weighted by atomic mass is 10.1. The van der Waals surface area contributed by atoms with E-state index in [0.717, 1.165) is 35.1 Å². The average Bonchev–Trinajstić information content (AvgIpc) is 3.20. The number of allylic oxidation sites excluding steroid dienone is 1. The molecule has 4 rings (SSSR count). The number of fused-ring (bicyclic) bond motifs is 1. The number of aryl methyl sites for hydroxylation is 1. The van der Waals surface area contributed by atoms with Crippen LogP contribution in [-0.4, -0.2) is 34.2 Å². The van der Waals surface area contributed by atoms with Gasteiger partial charge in [-0.15, -0.1) is 0 Å². The Hall–Kier alpha value is -2.73. The molecule has 0 saturated carbocycles. The molecule has 0 amide bonds. The number of hydrogen-bond acceptors (Lipinski definition) is 5. The second-order valence-corrected chi connectivity index (χ2v) is 6.16. The first kappa shape index (κ1) is 15.8. The van der Waals surface area contributed by atoms with Crippen LogP contribution in [0.25, 0.3) is 11.3 Å². The highest BCUT2D eigenvalue weighted by atomic mass is 35.5. The van der Waals surface area contributed by atoms with Crippen LogP contribution in [0.5, 0.6) is 5.75 Å². The fraction of sp³-hybridized carbons (Fsp3) is 0.222. The summed E-state index contributed by atoms with van der Waals surface area (Å²) in [6, 6.07) is 5.61. The number of hydrazine groups is 1. The van der Waals surface area contributed by atoms with Crippen LogP contribution in [0.3, 0.4) is 0 Å². The molecule has 0 fully saturated rings. The number of hydrogen-bond donors (Lipinski definition) is 0. The summed E-state index contributed by atoms with van der Waals surface area (Å²) in [4.78, 5) is 4.40. The molecule has 0 atom stereocenters. The minimum atomic E-state index is 0.579. The van der Waals surface area contributed by atoms with Gasteiger partial charge in [-0.05, 0) is 37.3 Å². The molecular formula is C18H18ClN5O. The zero-order valence-electron chi connectivity index (χ0n) is 14.1. The van der Waals surface area contributed by atoms with Crippen LogP contribution in [0.4, 0.5) is 5.69 Å². The number of ether oxygens (including phenoxy) is 1. The summed E-state index contributed by atoms with van der Waals surface area (Å²) >= 11 is 6.24. The van der Waals surface area contributed by atoms with E-state index in [-0.39, 0.29) is 0 Å². The molecule has 128 valence electrons. The lowest BCUT2D eigenvalue weighted by Gasteiger charge is -2.30. The fourth-order valence-electron chi connectivity index (χ4n) is 3.02. The molecule has 2 aliphatic rings. The van der Waals surface area contributed by atoms with Crippen LogP contribution in [0, 0.1) is 0 Å². The van der Waals surface area contributed by atoms with E-state index in [1.807, 2.05) is 55.7 Å². The topological polar surface area (TPSA) is 45.9 Å². The van der Waals surface area contributed by atoms with Gasteiger partial charge in [-0.25, -0.2) is 10.0 Å². The van der Waals surface area contributed by atoms with E-state index in [1.165, 1.54) is 0 Å². The molecule has 0 radical (unpaired) electrons. The summed E-state index contributed by atoms with van der Waals surface area (Å²) in [6.45, 7) is 3.26. The summed E-state index contributed by atoms with van der Waals surface area (Å²) < 4.78 is 7.59. The average molecular weight is 356 g/mol. The predicted octanol–water partition coefficient (Wildman–Crippen LogP) is 3.62. The minimum absolute atomic E-state index is 0.579. The molecule has 2 aromatic rings. The highest BCUT2D eigenvalue weighted by Gasteiger charge is 2.28. The lowest BCUT2D eigenvalue weighted by Crippen LogP contribution is -2.34. The standard InChI is InChI=1S/C18H18ClN5O/c1-3-25-16-6-5-13(19)11-14(16)18-15(12-22(2)21-18)23-10-7-17-20-8-4-9-24(17)23/h4-9,11-12H,3,10H2,1-2H3. The van der Waals surface area contributed by atoms with Crippen LogP contribution >= 0.6 is 11.6 Å². The summed E-state index contributed by atoms with van der Waals surface area (Å²) in [7, 11) is 1.91. The molecule has 0 N–H and O–H groups in total. The Labute approximate surface area is 151 Å². The first-order chi connectivity index (χ1) is 12.2. The number of nitrogens with zero attached hydrogens (tertiary/aromatic N) is 5. The Bertz CT molecular complexity index is 899. The van der Waals surface area contributed by atoms with E-state index in [0.29, 0.717) is 11.6 Å². The smallest absolute Gasteiger partial charge is 0.149 e. The molecule has 3 heterocycles. The first-order valence-electron chi connectivity index (χ1n) is 8.11. The predicted molar refractivity (Wildman–Crippen MR) is 99.7 cm³/mol. The normalized spacial score (nSPS) is 15.6. The van der Waals surface area contributed by atoms with Gasteiger partial charge < -0.3 is 4.74 Å². The summed E-state index contributed by atoms with van der Waals surface area (Å²) in [5.74, 6) is 1.68. The molecule has 1 aromatic heterocycles. The SMILES string of the molecule is CCOc1ccc(Cl)cc1-c1nn(C)cc1N1CC=C2N=CC=CN21. The highest BCUT2D eigenvalue weighted by molar-refractivity contribution is 6.31. The highest BCUT2D eigenvalue weighted by Crippen LogP contribution is 2.39. The molecule has 0 saturated heterocycles. The molecular weight excluding hydrogens is 338 g/mol. The molecule has 0 aliphatic carbocycles. The molecule has 6 nitrogen and oxygen atoms in total.